The number of carboxylic acids is 1. The Morgan fingerprint density at radius 1 is 1.56 bits per heavy atom. The molecule has 0 saturated heterocycles. The topological polar surface area (TPSA) is 110 Å². The Balaban J connectivity index is 2.58. The molecule has 0 heterocycles. The second kappa shape index (κ2) is 6.13. The zero-order chi connectivity index (χ0) is 13.8. The van der Waals surface area contributed by atoms with E-state index in [2.05, 4.69) is 10.8 Å². The summed E-state index contributed by atoms with van der Waals surface area (Å²) in [5, 5.41) is 17.4. The van der Waals surface area contributed by atoms with Gasteiger partial charge in [0.25, 0.3) is 10.2 Å². The van der Waals surface area contributed by atoms with Crippen LogP contribution in [0.3, 0.4) is 0 Å². The summed E-state index contributed by atoms with van der Waals surface area (Å²) < 4.78 is 27.2. The number of aliphatic carboxylic acids is 1. The van der Waals surface area contributed by atoms with Gasteiger partial charge >= 0.3 is 5.97 Å². The van der Waals surface area contributed by atoms with Gasteiger partial charge in [0.05, 0.1) is 18.4 Å². The average Bonchev–Trinajstić information content (AvgIpc) is 2.72. The molecule has 1 aliphatic rings. The third-order valence-electron chi connectivity index (χ3n) is 3.03. The molecule has 0 bridgehead atoms. The predicted molar refractivity (Wildman–Crippen MR) is 63.7 cm³/mol. The lowest BCUT2D eigenvalue weighted by Crippen LogP contribution is -2.45. The molecule has 102 valence electrons. The van der Waals surface area contributed by atoms with Crippen molar-refractivity contribution in [2.24, 2.45) is 5.92 Å². The van der Waals surface area contributed by atoms with E-state index in [1.165, 1.54) is 7.05 Å². The van der Waals surface area contributed by atoms with Gasteiger partial charge in [-0.2, -0.15) is 22.7 Å². The van der Waals surface area contributed by atoms with Gasteiger partial charge in [0.2, 0.25) is 0 Å². The molecule has 0 aliphatic heterocycles. The third kappa shape index (κ3) is 3.94. The third-order valence-corrected chi connectivity index (χ3v) is 4.64. The molecule has 7 nitrogen and oxygen atoms in total. The van der Waals surface area contributed by atoms with Crippen LogP contribution in [0.25, 0.3) is 0 Å². The fourth-order valence-corrected chi connectivity index (χ4v) is 3.09. The van der Waals surface area contributed by atoms with Crippen molar-refractivity contribution in [2.75, 3.05) is 13.6 Å². The van der Waals surface area contributed by atoms with Crippen LogP contribution in [0.4, 0.5) is 0 Å². The number of rotatable bonds is 6. The number of carboxylic acid groups (broad SMARTS) is 1. The highest BCUT2D eigenvalue weighted by Gasteiger charge is 2.32. The number of nitriles is 1. The summed E-state index contributed by atoms with van der Waals surface area (Å²) in [5.74, 6) is -1.35. The van der Waals surface area contributed by atoms with E-state index in [0.717, 1.165) is 10.7 Å². The smallest absolute Gasteiger partial charge is 0.304 e. The Labute approximate surface area is 107 Å². The van der Waals surface area contributed by atoms with Gasteiger partial charge in [-0.3, -0.25) is 4.79 Å². The van der Waals surface area contributed by atoms with Crippen molar-refractivity contribution in [1.29, 1.82) is 5.26 Å². The summed E-state index contributed by atoms with van der Waals surface area (Å²) in [7, 11) is -2.39. The molecule has 0 aromatic heterocycles. The second-order valence-corrected chi connectivity index (χ2v) is 6.17. The maximum Gasteiger partial charge on any atom is 0.304 e. The molecule has 18 heavy (non-hydrogen) atoms. The highest BCUT2D eigenvalue weighted by Crippen LogP contribution is 2.25. The minimum Gasteiger partial charge on any atom is -0.481 e. The first-order valence-electron chi connectivity index (χ1n) is 5.72. The van der Waals surface area contributed by atoms with E-state index in [9.17, 15) is 13.2 Å². The maximum atomic E-state index is 11.9. The second-order valence-electron chi connectivity index (χ2n) is 4.36. The molecule has 0 radical (unpaired) electrons. The minimum atomic E-state index is -3.71. The zero-order valence-electron chi connectivity index (χ0n) is 10.2. The highest BCUT2D eigenvalue weighted by atomic mass is 32.2. The van der Waals surface area contributed by atoms with Crippen LogP contribution in [0.1, 0.15) is 25.7 Å². The van der Waals surface area contributed by atoms with Gasteiger partial charge in [-0.25, -0.2) is 0 Å². The summed E-state index contributed by atoms with van der Waals surface area (Å²) in [6.45, 7) is -0.0887. The molecule has 0 amide bonds. The molecule has 2 unspecified atom stereocenters. The van der Waals surface area contributed by atoms with Gasteiger partial charge in [-0.15, -0.1) is 0 Å². The van der Waals surface area contributed by atoms with E-state index in [-0.39, 0.29) is 24.9 Å². The van der Waals surface area contributed by atoms with E-state index in [0.29, 0.717) is 12.8 Å². The van der Waals surface area contributed by atoms with Crippen LogP contribution in [0.15, 0.2) is 0 Å². The molecule has 8 heteroatoms. The number of nitrogens with zero attached hydrogens (tertiary/aromatic N) is 2. The first-order chi connectivity index (χ1) is 8.36. The molecule has 1 rings (SSSR count). The van der Waals surface area contributed by atoms with E-state index in [1.54, 1.807) is 0 Å². The summed E-state index contributed by atoms with van der Waals surface area (Å²) in [5.41, 5.74) is 0. The lowest BCUT2D eigenvalue weighted by Gasteiger charge is -2.21. The van der Waals surface area contributed by atoms with Gasteiger partial charge in [-0.05, 0) is 12.8 Å². The van der Waals surface area contributed by atoms with Crippen LogP contribution in [-0.2, 0) is 15.0 Å². The number of hydrogen-bond acceptors (Lipinski definition) is 4. The molecule has 1 fully saturated rings. The maximum absolute atomic E-state index is 11.9. The van der Waals surface area contributed by atoms with E-state index < -0.39 is 16.2 Å². The SMILES string of the molecule is CN(CCC(=O)O)S(=O)(=O)NC1CCCC1C#N. The van der Waals surface area contributed by atoms with Crippen molar-refractivity contribution >= 4 is 16.2 Å². The largest absolute Gasteiger partial charge is 0.481 e. The summed E-state index contributed by atoms with van der Waals surface area (Å²) >= 11 is 0. The fraction of sp³-hybridized carbons (Fsp3) is 0.800. The Morgan fingerprint density at radius 3 is 2.78 bits per heavy atom. The fourth-order valence-electron chi connectivity index (χ4n) is 1.91. The lowest BCUT2D eigenvalue weighted by atomic mass is 10.1. The van der Waals surface area contributed by atoms with Gasteiger partial charge < -0.3 is 5.11 Å². The highest BCUT2D eigenvalue weighted by molar-refractivity contribution is 7.87. The van der Waals surface area contributed by atoms with Crippen LogP contribution in [0, 0.1) is 17.2 Å². The monoisotopic (exact) mass is 275 g/mol. The van der Waals surface area contributed by atoms with E-state index >= 15 is 0 Å². The van der Waals surface area contributed by atoms with Crippen LogP contribution >= 0.6 is 0 Å². The van der Waals surface area contributed by atoms with E-state index in [1.807, 2.05) is 0 Å². The van der Waals surface area contributed by atoms with Crippen molar-refractivity contribution in [3.05, 3.63) is 0 Å². The van der Waals surface area contributed by atoms with Crippen molar-refractivity contribution in [1.82, 2.24) is 9.03 Å². The molecule has 0 aromatic carbocycles. The van der Waals surface area contributed by atoms with Crippen molar-refractivity contribution < 1.29 is 18.3 Å². The van der Waals surface area contributed by atoms with Crippen molar-refractivity contribution in [2.45, 2.75) is 31.7 Å². The van der Waals surface area contributed by atoms with Gasteiger partial charge in [-0.1, -0.05) is 6.42 Å². The molecule has 1 aliphatic carbocycles. The Kier molecular flexibility index (Phi) is 5.07. The molecular formula is C10H17N3O4S. The van der Waals surface area contributed by atoms with E-state index in [4.69, 9.17) is 10.4 Å². The Morgan fingerprint density at radius 2 is 2.22 bits per heavy atom. The van der Waals surface area contributed by atoms with Crippen LogP contribution in [-0.4, -0.2) is 43.4 Å². The zero-order valence-corrected chi connectivity index (χ0v) is 11.0. The predicted octanol–water partition coefficient (Wildman–Crippen LogP) is -0.0804. The summed E-state index contributed by atoms with van der Waals surface area (Å²) in [6, 6.07) is 1.72. The molecule has 2 atom stereocenters. The standard InChI is InChI=1S/C10H17N3O4S/c1-13(6-5-10(14)15)18(16,17)12-9-4-2-3-8(9)7-11/h8-9,12H,2-6H2,1H3,(H,14,15). The summed E-state index contributed by atoms with van der Waals surface area (Å²) in [6.07, 6.45) is 1.92. The number of carbonyl (C=O) groups is 1. The van der Waals surface area contributed by atoms with Crippen LogP contribution < -0.4 is 4.72 Å². The van der Waals surface area contributed by atoms with Crippen molar-refractivity contribution in [3.63, 3.8) is 0 Å². The van der Waals surface area contributed by atoms with Gasteiger partial charge in [0, 0.05) is 19.6 Å². The number of nitrogens with one attached hydrogen (secondary N) is 1. The molecular weight excluding hydrogens is 258 g/mol. The minimum absolute atomic E-state index is 0.0887. The first kappa shape index (κ1) is 14.9. The van der Waals surface area contributed by atoms with Gasteiger partial charge in [0.15, 0.2) is 0 Å². The lowest BCUT2D eigenvalue weighted by molar-refractivity contribution is -0.137. The average molecular weight is 275 g/mol. The molecule has 1 saturated carbocycles. The Hall–Kier alpha value is -1.17. The molecule has 2 N–H and O–H groups in total. The first-order valence-corrected chi connectivity index (χ1v) is 7.16. The Bertz CT molecular complexity index is 443. The molecule has 0 aromatic rings. The normalized spacial score (nSPS) is 24.1. The number of hydrogen-bond donors (Lipinski definition) is 2. The van der Waals surface area contributed by atoms with Crippen LogP contribution in [0.2, 0.25) is 0 Å². The van der Waals surface area contributed by atoms with Gasteiger partial charge in [0.1, 0.15) is 0 Å². The molecule has 0 spiro atoms. The van der Waals surface area contributed by atoms with Crippen molar-refractivity contribution in [3.8, 4) is 6.07 Å². The quantitative estimate of drug-likeness (QED) is 0.704. The van der Waals surface area contributed by atoms with Crippen LogP contribution in [0.5, 0.6) is 0 Å². The summed E-state index contributed by atoms with van der Waals surface area (Å²) in [4.78, 5) is 10.4.